The number of halogens is 1. The predicted molar refractivity (Wildman–Crippen MR) is 81.4 cm³/mol. The zero-order valence-corrected chi connectivity index (χ0v) is 13.2. The maximum absolute atomic E-state index is 5.97. The number of alkyl halides is 1. The van der Waals surface area contributed by atoms with Crippen molar-refractivity contribution in [3.63, 3.8) is 0 Å². The number of benzene rings is 1. The van der Waals surface area contributed by atoms with E-state index in [2.05, 4.69) is 59.0 Å². The van der Waals surface area contributed by atoms with Gasteiger partial charge in [0, 0.05) is 19.3 Å². The Labute approximate surface area is 119 Å². The predicted octanol–water partition coefficient (Wildman–Crippen LogP) is 4.73. The Bertz CT molecular complexity index is 403. The molecule has 0 radical (unpaired) electrons. The van der Waals surface area contributed by atoms with Crippen molar-refractivity contribution in [1.82, 2.24) is 0 Å². The van der Waals surface area contributed by atoms with Crippen LogP contribution in [-0.4, -0.2) is 12.9 Å². The highest BCUT2D eigenvalue weighted by Gasteiger charge is 2.20. The number of aliphatic imine (C=N–C) groups is 1. The van der Waals surface area contributed by atoms with Gasteiger partial charge in [-0.15, -0.1) is 0 Å². The SMILES string of the molecule is CCC(C)C(OC(C)=NC)c1cccc(CBr)c1. The molecule has 1 aromatic rings. The molecule has 0 N–H and O–H groups in total. The second kappa shape index (κ2) is 7.57. The Hall–Kier alpha value is -0.830. The zero-order chi connectivity index (χ0) is 13.5. The van der Waals surface area contributed by atoms with Crippen molar-refractivity contribution in [2.45, 2.75) is 38.6 Å². The monoisotopic (exact) mass is 311 g/mol. The highest BCUT2D eigenvalue weighted by atomic mass is 79.9. The number of hydrogen-bond acceptors (Lipinski definition) is 2. The van der Waals surface area contributed by atoms with Crippen LogP contribution in [0.15, 0.2) is 29.3 Å². The summed E-state index contributed by atoms with van der Waals surface area (Å²) in [6.07, 6.45) is 1.16. The molecule has 2 nitrogen and oxygen atoms in total. The molecular formula is C15H22BrNO. The molecule has 0 aliphatic rings. The maximum atomic E-state index is 5.97. The molecule has 100 valence electrons. The van der Waals surface area contributed by atoms with Crippen LogP contribution >= 0.6 is 15.9 Å². The minimum Gasteiger partial charge on any atom is -0.473 e. The van der Waals surface area contributed by atoms with Crippen LogP contribution in [0.3, 0.4) is 0 Å². The lowest BCUT2D eigenvalue weighted by atomic mass is 9.94. The molecule has 0 amide bonds. The van der Waals surface area contributed by atoms with Crippen molar-refractivity contribution in [2.75, 3.05) is 7.05 Å². The lowest BCUT2D eigenvalue weighted by Crippen LogP contribution is -2.16. The molecule has 0 heterocycles. The van der Waals surface area contributed by atoms with E-state index >= 15 is 0 Å². The molecule has 0 saturated heterocycles. The fourth-order valence-electron chi connectivity index (χ4n) is 1.82. The minimum absolute atomic E-state index is 0.0812. The van der Waals surface area contributed by atoms with E-state index in [1.807, 2.05) is 6.92 Å². The average molecular weight is 312 g/mol. The molecule has 2 unspecified atom stereocenters. The van der Waals surface area contributed by atoms with Crippen LogP contribution in [-0.2, 0) is 10.1 Å². The Morgan fingerprint density at radius 1 is 1.44 bits per heavy atom. The van der Waals surface area contributed by atoms with Crippen molar-refractivity contribution >= 4 is 21.8 Å². The lowest BCUT2D eigenvalue weighted by molar-refractivity contribution is 0.127. The van der Waals surface area contributed by atoms with E-state index in [0.717, 1.165) is 17.6 Å². The summed E-state index contributed by atoms with van der Waals surface area (Å²) < 4.78 is 5.97. The van der Waals surface area contributed by atoms with Crippen molar-refractivity contribution in [3.8, 4) is 0 Å². The van der Waals surface area contributed by atoms with Gasteiger partial charge in [-0.1, -0.05) is 54.0 Å². The van der Waals surface area contributed by atoms with Gasteiger partial charge in [-0.05, 0) is 23.5 Å². The number of hydrogen-bond donors (Lipinski definition) is 0. The van der Waals surface area contributed by atoms with Crippen LogP contribution in [0.2, 0.25) is 0 Å². The minimum atomic E-state index is 0.0812. The number of nitrogens with zero attached hydrogens (tertiary/aromatic N) is 1. The third kappa shape index (κ3) is 4.13. The van der Waals surface area contributed by atoms with Gasteiger partial charge >= 0.3 is 0 Å². The Kier molecular flexibility index (Phi) is 6.41. The smallest absolute Gasteiger partial charge is 0.180 e. The highest BCUT2D eigenvalue weighted by Crippen LogP contribution is 2.29. The van der Waals surface area contributed by atoms with E-state index in [1.54, 1.807) is 7.05 Å². The first kappa shape index (κ1) is 15.2. The Balaban J connectivity index is 3.00. The molecule has 1 aromatic carbocycles. The van der Waals surface area contributed by atoms with Crippen molar-refractivity contribution in [3.05, 3.63) is 35.4 Å². The van der Waals surface area contributed by atoms with Crippen LogP contribution in [0.25, 0.3) is 0 Å². The van der Waals surface area contributed by atoms with E-state index in [-0.39, 0.29) is 6.10 Å². The first-order valence-electron chi connectivity index (χ1n) is 6.37. The normalized spacial score (nSPS) is 15.3. The molecule has 0 bridgehead atoms. The van der Waals surface area contributed by atoms with Gasteiger partial charge in [0.05, 0.1) is 0 Å². The fourth-order valence-corrected chi connectivity index (χ4v) is 2.17. The first-order valence-corrected chi connectivity index (χ1v) is 7.49. The molecule has 0 saturated carbocycles. The van der Waals surface area contributed by atoms with E-state index < -0.39 is 0 Å². The summed E-state index contributed by atoms with van der Waals surface area (Å²) in [5.41, 5.74) is 2.50. The molecule has 2 atom stereocenters. The van der Waals surface area contributed by atoms with E-state index in [4.69, 9.17) is 4.74 Å². The highest BCUT2D eigenvalue weighted by molar-refractivity contribution is 9.08. The maximum Gasteiger partial charge on any atom is 0.180 e. The van der Waals surface area contributed by atoms with Gasteiger partial charge in [-0.3, -0.25) is 4.99 Å². The molecule has 0 aliphatic heterocycles. The molecule has 18 heavy (non-hydrogen) atoms. The molecular weight excluding hydrogens is 290 g/mol. The van der Waals surface area contributed by atoms with Gasteiger partial charge in [0.15, 0.2) is 5.90 Å². The number of ether oxygens (including phenoxy) is 1. The molecule has 0 fully saturated rings. The van der Waals surface area contributed by atoms with Crippen LogP contribution in [0.5, 0.6) is 0 Å². The van der Waals surface area contributed by atoms with Crippen molar-refractivity contribution in [2.24, 2.45) is 10.9 Å². The van der Waals surface area contributed by atoms with Crippen LogP contribution in [0.1, 0.15) is 44.4 Å². The summed E-state index contributed by atoms with van der Waals surface area (Å²) in [4.78, 5) is 4.10. The van der Waals surface area contributed by atoms with Crippen LogP contribution < -0.4 is 0 Å². The van der Waals surface area contributed by atoms with Gasteiger partial charge < -0.3 is 4.74 Å². The van der Waals surface area contributed by atoms with E-state index in [9.17, 15) is 0 Å². The summed E-state index contributed by atoms with van der Waals surface area (Å²) in [5.74, 6) is 1.21. The van der Waals surface area contributed by atoms with Gasteiger partial charge in [0.2, 0.25) is 0 Å². The van der Waals surface area contributed by atoms with Crippen LogP contribution in [0, 0.1) is 5.92 Å². The molecule has 3 heteroatoms. The Morgan fingerprint density at radius 2 is 2.17 bits per heavy atom. The summed E-state index contributed by atoms with van der Waals surface area (Å²) in [6.45, 7) is 6.31. The van der Waals surface area contributed by atoms with E-state index in [1.165, 1.54) is 11.1 Å². The standard InChI is InChI=1S/C15H22BrNO/c1-5-11(2)15(18-12(3)17-4)14-8-6-7-13(9-14)10-16/h6-9,11,15H,5,10H2,1-4H3. The third-order valence-electron chi connectivity index (χ3n) is 3.21. The topological polar surface area (TPSA) is 21.6 Å². The summed E-state index contributed by atoms with van der Waals surface area (Å²) in [7, 11) is 1.76. The second-order valence-electron chi connectivity index (χ2n) is 4.55. The molecule has 1 rings (SSSR count). The number of rotatable bonds is 5. The van der Waals surface area contributed by atoms with Gasteiger partial charge in [0.1, 0.15) is 6.10 Å². The second-order valence-corrected chi connectivity index (χ2v) is 5.11. The van der Waals surface area contributed by atoms with Gasteiger partial charge in [0.25, 0.3) is 0 Å². The van der Waals surface area contributed by atoms with Crippen molar-refractivity contribution in [1.29, 1.82) is 0 Å². The summed E-state index contributed by atoms with van der Waals surface area (Å²) in [5, 5.41) is 0.870. The molecule has 0 spiro atoms. The lowest BCUT2D eigenvalue weighted by Gasteiger charge is -2.25. The largest absolute Gasteiger partial charge is 0.473 e. The first-order chi connectivity index (χ1) is 8.62. The van der Waals surface area contributed by atoms with Gasteiger partial charge in [-0.2, -0.15) is 0 Å². The Morgan fingerprint density at radius 3 is 2.72 bits per heavy atom. The van der Waals surface area contributed by atoms with Crippen molar-refractivity contribution < 1.29 is 4.74 Å². The fraction of sp³-hybridized carbons (Fsp3) is 0.533. The van der Waals surface area contributed by atoms with E-state index in [0.29, 0.717) is 5.92 Å². The third-order valence-corrected chi connectivity index (χ3v) is 3.85. The zero-order valence-electron chi connectivity index (χ0n) is 11.6. The quantitative estimate of drug-likeness (QED) is 0.437. The summed E-state index contributed by atoms with van der Waals surface area (Å²) in [6, 6.07) is 8.54. The van der Waals surface area contributed by atoms with Crippen LogP contribution in [0.4, 0.5) is 0 Å². The molecule has 0 aliphatic carbocycles. The van der Waals surface area contributed by atoms with Gasteiger partial charge in [-0.25, -0.2) is 0 Å². The average Bonchev–Trinajstić information content (AvgIpc) is 2.43. The summed E-state index contributed by atoms with van der Waals surface area (Å²) >= 11 is 3.49. The molecule has 0 aromatic heterocycles.